The van der Waals surface area contributed by atoms with Crippen molar-refractivity contribution in [2.24, 2.45) is 0 Å². The molecule has 7 nitrogen and oxygen atoms in total. The van der Waals surface area contributed by atoms with Crippen LogP contribution in [0.25, 0.3) is 0 Å². The van der Waals surface area contributed by atoms with Gasteiger partial charge in [0, 0.05) is 18.1 Å². The summed E-state index contributed by atoms with van der Waals surface area (Å²) in [6.45, 7) is 3.70. The predicted octanol–water partition coefficient (Wildman–Crippen LogP) is 5.01. The van der Waals surface area contributed by atoms with Crippen LogP contribution in [0.1, 0.15) is 57.4 Å². The quantitative estimate of drug-likeness (QED) is 0.374. The van der Waals surface area contributed by atoms with Crippen molar-refractivity contribution < 1.29 is 36.6 Å². The molecule has 10 heteroatoms. The topological polar surface area (TPSA) is 110 Å². The molecule has 1 saturated heterocycles. The van der Waals surface area contributed by atoms with Crippen molar-refractivity contribution in [3.63, 3.8) is 0 Å². The Morgan fingerprint density at radius 3 is 2.30 bits per heavy atom. The average molecular weight is 572 g/mol. The van der Waals surface area contributed by atoms with Gasteiger partial charge in [0.15, 0.2) is 21.4 Å². The Hall–Kier alpha value is -3.79. The van der Waals surface area contributed by atoms with E-state index in [1.165, 1.54) is 0 Å². The molecule has 0 atom stereocenters. The maximum atomic E-state index is 14.0. The van der Waals surface area contributed by atoms with E-state index >= 15 is 0 Å². The van der Waals surface area contributed by atoms with Gasteiger partial charge in [-0.1, -0.05) is 41.5 Å². The Labute approximate surface area is 232 Å². The second kappa shape index (κ2) is 11.8. The minimum absolute atomic E-state index is 0.0841. The Kier molecular flexibility index (Phi) is 8.58. The van der Waals surface area contributed by atoms with Crippen LogP contribution in [-0.4, -0.2) is 36.9 Å². The SMILES string of the molecule is Cc1cc(C)cc(C2(NC(=O)c3cc(COc4cc(F)ccc4F)ccc3CCC(=O)O)CCS(=O)(=O)CC2)c1. The molecule has 1 aliphatic rings. The monoisotopic (exact) mass is 571 g/mol. The predicted molar refractivity (Wildman–Crippen MR) is 146 cm³/mol. The lowest BCUT2D eigenvalue weighted by molar-refractivity contribution is -0.136. The highest BCUT2D eigenvalue weighted by Crippen LogP contribution is 2.36. The number of sulfone groups is 1. The van der Waals surface area contributed by atoms with E-state index in [2.05, 4.69) is 5.32 Å². The van der Waals surface area contributed by atoms with Crippen LogP contribution in [0, 0.1) is 25.5 Å². The van der Waals surface area contributed by atoms with Crippen molar-refractivity contribution in [1.29, 1.82) is 0 Å². The van der Waals surface area contributed by atoms with E-state index in [9.17, 15) is 31.9 Å². The number of carbonyl (C=O) groups is 2. The number of halogens is 2. The number of carboxylic acid groups (broad SMARTS) is 1. The summed E-state index contributed by atoms with van der Waals surface area (Å²) in [6, 6.07) is 13.5. The smallest absolute Gasteiger partial charge is 0.303 e. The number of benzene rings is 3. The van der Waals surface area contributed by atoms with E-state index < -0.39 is 38.9 Å². The number of carbonyl (C=O) groups excluding carboxylic acids is 1. The fraction of sp³-hybridized carbons (Fsp3) is 0.333. The molecule has 0 spiro atoms. The standard InChI is InChI=1S/C30H31F2NO6S/c1-19-13-20(2)15-23(14-19)30(9-11-40(37,38)12-10-30)33-29(36)25-16-21(3-4-22(25)5-8-28(34)35)18-39-27-17-24(31)6-7-26(27)32/h3-4,6-7,13-17H,5,8-12,18H2,1-2H3,(H,33,36)(H,34,35). The number of hydrogen-bond donors (Lipinski definition) is 2. The molecule has 3 aromatic carbocycles. The van der Waals surface area contributed by atoms with Gasteiger partial charge in [-0.2, -0.15) is 0 Å². The van der Waals surface area contributed by atoms with Gasteiger partial charge in [-0.3, -0.25) is 9.59 Å². The molecule has 0 aliphatic carbocycles. The summed E-state index contributed by atoms with van der Waals surface area (Å²) < 4.78 is 57.7. The van der Waals surface area contributed by atoms with Crippen LogP contribution < -0.4 is 10.1 Å². The molecule has 1 fully saturated rings. The van der Waals surface area contributed by atoms with Crippen LogP contribution in [0.3, 0.4) is 0 Å². The van der Waals surface area contributed by atoms with Crippen LogP contribution in [0.15, 0.2) is 54.6 Å². The molecule has 0 aromatic heterocycles. The molecule has 1 amide bonds. The fourth-order valence-electron chi connectivity index (χ4n) is 5.04. The summed E-state index contributed by atoms with van der Waals surface area (Å²) >= 11 is 0. The minimum atomic E-state index is -3.25. The number of rotatable bonds is 9. The molecular weight excluding hydrogens is 540 g/mol. The zero-order valence-electron chi connectivity index (χ0n) is 22.3. The Morgan fingerprint density at radius 1 is 0.975 bits per heavy atom. The summed E-state index contributed by atoms with van der Waals surface area (Å²) in [5.74, 6) is -3.36. The first kappa shape index (κ1) is 29.2. The molecule has 1 heterocycles. The maximum absolute atomic E-state index is 14.0. The summed E-state index contributed by atoms with van der Waals surface area (Å²) in [7, 11) is -3.25. The van der Waals surface area contributed by atoms with Gasteiger partial charge < -0.3 is 15.2 Å². The second-order valence-corrected chi connectivity index (χ2v) is 12.6. The summed E-state index contributed by atoms with van der Waals surface area (Å²) in [5.41, 5.74) is 2.99. The third-order valence-corrected chi connectivity index (χ3v) is 8.77. The number of aliphatic carboxylic acids is 1. The van der Waals surface area contributed by atoms with Gasteiger partial charge in [0.25, 0.3) is 5.91 Å². The lowest BCUT2D eigenvalue weighted by Gasteiger charge is -2.39. The van der Waals surface area contributed by atoms with Crippen LogP contribution in [-0.2, 0) is 33.2 Å². The molecule has 4 rings (SSSR count). The second-order valence-electron chi connectivity index (χ2n) is 10.3. The van der Waals surface area contributed by atoms with E-state index in [-0.39, 0.29) is 55.1 Å². The van der Waals surface area contributed by atoms with Gasteiger partial charge in [0.05, 0.1) is 17.0 Å². The van der Waals surface area contributed by atoms with E-state index in [0.29, 0.717) is 11.1 Å². The zero-order valence-corrected chi connectivity index (χ0v) is 23.1. The number of carboxylic acids is 1. The highest BCUT2D eigenvalue weighted by atomic mass is 32.2. The lowest BCUT2D eigenvalue weighted by atomic mass is 9.82. The summed E-state index contributed by atoms with van der Waals surface area (Å²) in [4.78, 5) is 25.1. The molecule has 0 radical (unpaired) electrons. The first-order valence-corrected chi connectivity index (χ1v) is 14.7. The average Bonchev–Trinajstić information content (AvgIpc) is 2.89. The largest absolute Gasteiger partial charge is 0.486 e. The highest BCUT2D eigenvalue weighted by molar-refractivity contribution is 7.91. The molecule has 3 aromatic rings. The molecule has 0 saturated carbocycles. The molecule has 40 heavy (non-hydrogen) atoms. The fourth-order valence-corrected chi connectivity index (χ4v) is 6.56. The summed E-state index contributed by atoms with van der Waals surface area (Å²) in [6.07, 6.45) is 0.264. The number of nitrogens with one attached hydrogen (secondary N) is 1. The normalized spacial score (nSPS) is 15.8. The third kappa shape index (κ3) is 7.04. The number of ether oxygens (including phenoxy) is 1. The van der Waals surface area contributed by atoms with Gasteiger partial charge in [0.2, 0.25) is 0 Å². The number of aryl methyl sites for hydroxylation is 3. The van der Waals surface area contributed by atoms with Crippen LogP contribution in [0.4, 0.5) is 8.78 Å². The number of hydrogen-bond acceptors (Lipinski definition) is 5. The minimum Gasteiger partial charge on any atom is -0.486 e. The van der Waals surface area contributed by atoms with Crippen LogP contribution >= 0.6 is 0 Å². The van der Waals surface area contributed by atoms with Gasteiger partial charge in [-0.05, 0) is 68.0 Å². The maximum Gasteiger partial charge on any atom is 0.303 e. The Morgan fingerprint density at radius 2 is 1.65 bits per heavy atom. The molecule has 1 aliphatic heterocycles. The molecule has 212 valence electrons. The van der Waals surface area contributed by atoms with Crippen molar-refractivity contribution in [3.8, 4) is 5.75 Å². The molecule has 2 N–H and O–H groups in total. The highest BCUT2D eigenvalue weighted by Gasteiger charge is 2.40. The van der Waals surface area contributed by atoms with Crippen molar-refractivity contribution in [2.45, 2.75) is 51.7 Å². The van der Waals surface area contributed by atoms with Crippen LogP contribution in [0.5, 0.6) is 5.75 Å². The lowest BCUT2D eigenvalue weighted by Crippen LogP contribution is -2.51. The first-order chi connectivity index (χ1) is 18.9. The molecule has 0 bridgehead atoms. The molecular formula is C30H31F2NO6S. The van der Waals surface area contributed by atoms with Crippen LogP contribution in [0.2, 0.25) is 0 Å². The summed E-state index contributed by atoms with van der Waals surface area (Å²) in [5, 5.41) is 12.3. The van der Waals surface area contributed by atoms with E-state index in [1.807, 2.05) is 32.0 Å². The van der Waals surface area contributed by atoms with Gasteiger partial charge in [0.1, 0.15) is 12.4 Å². The molecule has 0 unspecified atom stereocenters. The van der Waals surface area contributed by atoms with Gasteiger partial charge in [-0.25, -0.2) is 17.2 Å². The van der Waals surface area contributed by atoms with E-state index in [1.54, 1.807) is 18.2 Å². The van der Waals surface area contributed by atoms with E-state index in [0.717, 1.165) is 34.9 Å². The number of amides is 1. The first-order valence-electron chi connectivity index (χ1n) is 12.9. The Balaban J connectivity index is 1.68. The van der Waals surface area contributed by atoms with Crippen molar-refractivity contribution in [2.75, 3.05) is 11.5 Å². The van der Waals surface area contributed by atoms with Gasteiger partial charge >= 0.3 is 5.97 Å². The van der Waals surface area contributed by atoms with Crippen molar-refractivity contribution in [3.05, 3.63) is 99.6 Å². The van der Waals surface area contributed by atoms with Gasteiger partial charge in [-0.15, -0.1) is 0 Å². The van der Waals surface area contributed by atoms with Crippen molar-refractivity contribution >= 4 is 21.7 Å². The Bertz CT molecular complexity index is 1520. The van der Waals surface area contributed by atoms with Crippen molar-refractivity contribution in [1.82, 2.24) is 5.32 Å². The zero-order chi connectivity index (χ0) is 29.1. The third-order valence-electron chi connectivity index (χ3n) is 7.12. The van der Waals surface area contributed by atoms with E-state index in [4.69, 9.17) is 4.74 Å².